The first kappa shape index (κ1) is 13.3. The fourth-order valence-corrected chi connectivity index (χ4v) is 2.42. The standard InChI is InChI=1S/C16H12FNO3/c1-2-21-16(20)14-12-5-3-4-8-18(12)13-9-10(17)6-7-11(13)15(14)19/h3-9H,2H2,1H3/p+1. The number of pyridine rings is 2. The second-order valence-electron chi connectivity index (χ2n) is 4.56. The van der Waals surface area contributed by atoms with E-state index in [1.807, 2.05) is 0 Å². The van der Waals surface area contributed by atoms with Crippen molar-refractivity contribution in [1.29, 1.82) is 0 Å². The molecule has 0 fully saturated rings. The van der Waals surface area contributed by atoms with Crippen LogP contribution in [0.15, 0.2) is 42.6 Å². The van der Waals surface area contributed by atoms with Crippen LogP contribution in [0, 0.1) is 5.82 Å². The van der Waals surface area contributed by atoms with Crippen LogP contribution in [0.4, 0.5) is 4.39 Å². The number of ether oxygens (including phenoxy) is 1. The molecule has 0 radical (unpaired) electrons. The van der Waals surface area contributed by atoms with Crippen LogP contribution >= 0.6 is 0 Å². The minimum atomic E-state index is -0.607. The van der Waals surface area contributed by atoms with Crippen molar-refractivity contribution >= 4 is 22.4 Å². The van der Waals surface area contributed by atoms with Crippen molar-refractivity contribution in [2.24, 2.45) is 0 Å². The van der Waals surface area contributed by atoms with Crippen molar-refractivity contribution in [1.82, 2.24) is 0 Å². The van der Waals surface area contributed by atoms with Crippen LogP contribution in [0.5, 0.6) is 5.75 Å². The van der Waals surface area contributed by atoms with Crippen LogP contribution in [-0.4, -0.2) is 17.7 Å². The molecule has 21 heavy (non-hydrogen) atoms. The highest BCUT2D eigenvalue weighted by Gasteiger charge is 2.26. The van der Waals surface area contributed by atoms with E-state index in [0.717, 1.165) is 0 Å². The first-order valence-electron chi connectivity index (χ1n) is 6.55. The van der Waals surface area contributed by atoms with Gasteiger partial charge in [-0.15, -0.1) is 0 Å². The molecule has 4 nitrogen and oxygen atoms in total. The molecule has 0 saturated heterocycles. The zero-order valence-corrected chi connectivity index (χ0v) is 11.3. The largest absolute Gasteiger partial charge is 0.506 e. The second kappa shape index (κ2) is 5.01. The Morgan fingerprint density at radius 2 is 2.10 bits per heavy atom. The summed E-state index contributed by atoms with van der Waals surface area (Å²) < 4.78 is 20.1. The zero-order chi connectivity index (χ0) is 15.0. The Bertz CT molecular complexity index is 861. The smallest absolute Gasteiger partial charge is 0.348 e. The van der Waals surface area contributed by atoms with Gasteiger partial charge in [-0.3, -0.25) is 0 Å². The van der Waals surface area contributed by atoms with E-state index in [0.29, 0.717) is 16.4 Å². The number of benzene rings is 1. The van der Waals surface area contributed by atoms with Crippen molar-refractivity contribution in [2.75, 3.05) is 6.61 Å². The van der Waals surface area contributed by atoms with Gasteiger partial charge in [0.2, 0.25) is 11.0 Å². The van der Waals surface area contributed by atoms with Gasteiger partial charge in [0, 0.05) is 18.2 Å². The Labute approximate surface area is 120 Å². The van der Waals surface area contributed by atoms with Gasteiger partial charge >= 0.3 is 5.97 Å². The number of carbonyl (C=O) groups is 1. The summed E-state index contributed by atoms with van der Waals surface area (Å²) in [5.74, 6) is -1.22. The number of halogens is 1. The molecule has 0 aliphatic heterocycles. The van der Waals surface area contributed by atoms with E-state index in [2.05, 4.69) is 0 Å². The average molecular weight is 286 g/mol. The van der Waals surface area contributed by atoms with Gasteiger partial charge in [-0.25, -0.2) is 9.18 Å². The maximum atomic E-state index is 13.5. The van der Waals surface area contributed by atoms with Crippen LogP contribution in [0.25, 0.3) is 16.4 Å². The molecule has 0 aliphatic carbocycles. The molecule has 0 amide bonds. The second-order valence-corrected chi connectivity index (χ2v) is 4.56. The molecule has 0 aliphatic rings. The summed E-state index contributed by atoms with van der Waals surface area (Å²) in [7, 11) is 0. The van der Waals surface area contributed by atoms with E-state index < -0.39 is 11.8 Å². The SMILES string of the molecule is CCOC(=O)c1c(O)c2ccc(F)cc2[n+]2ccccc12. The third-order valence-corrected chi connectivity index (χ3v) is 3.31. The van der Waals surface area contributed by atoms with Crippen molar-refractivity contribution in [2.45, 2.75) is 6.92 Å². The van der Waals surface area contributed by atoms with Gasteiger partial charge < -0.3 is 9.84 Å². The molecule has 0 spiro atoms. The number of aromatic hydroxyl groups is 1. The molecule has 0 saturated carbocycles. The van der Waals surface area contributed by atoms with E-state index in [9.17, 15) is 14.3 Å². The van der Waals surface area contributed by atoms with Crippen LogP contribution in [-0.2, 0) is 4.74 Å². The number of nitrogens with zero attached hydrogens (tertiary/aromatic N) is 1. The Hall–Kier alpha value is -2.69. The predicted octanol–water partition coefficient (Wildman–Crippen LogP) is 2.60. The maximum Gasteiger partial charge on any atom is 0.348 e. The van der Waals surface area contributed by atoms with E-state index in [1.54, 1.807) is 35.7 Å². The van der Waals surface area contributed by atoms with Crippen LogP contribution < -0.4 is 4.40 Å². The van der Waals surface area contributed by atoms with Gasteiger partial charge in [0.25, 0.3) is 0 Å². The molecule has 1 N–H and O–H groups in total. The fraction of sp³-hybridized carbons (Fsp3) is 0.125. The number of aromatic nitrogens is 1. The molecule has 3 rings (SSSR count). The van der Waals surface area contributed by atoms with Gasteiger partial charge in [-0.2, -0.15) is 4.40 Å². The molecular formula is C16H13FNO3+. The number of hydrogen-bond acceptors (Lipinski definition) is 3. The van der Waals surface area contributed by atoms with Gasteiger partial charge in [0.15, 0.2) is 17.5 Å². The van der Waals surface area contributed by atoms with E-state index >= 15 is 0 Å². The molecular weight excluding hydrogens is 273 g/mol. The summed E-state index contributed by atoms with van der Waals surface area (Å²) in [4.78, 5) is 12.1. The van der Waals surface area contributed by atoms with Gasteiger partial charge in [-0.1, -0.05) is 0 Å². The summed E-state index contributed by atoms with van der Waals surface area (Å²) in [5.41, 5.74) is 1.03. The monoisotopic (exact) mass is 286 g/mol. The Morgan fingerprint density at radius 1 is 1.29 bits per heavy atom. The molecule has 0 bridgehead atoms. The van der Waals surface area contributed by atoms with Gasteiger partial charge in [0.1, 0.15) is 5.82 Å². The Kier molecular flexibility index (Phi) is 3.17. The lowest BCUT2D eigenvalue weighted by Gasteiger charge is -2.07. The van der Waals surface area contributed by atoms with Crippen molar-refractivity contribution in [3.63, 3.8) is 0 Å². The predicted molar refractivity (Wildman–Crippen MR) is 74.7 cm³/mol. The topological polar surface area (TPSA) is 50.6 Å². The third-order valence-electron chi connectivity index (χ3n) is 3.31. The number of esters is 1. The fourth-order valence-electron chi connectivity index (χ4n) is 2.42. The van der Waals surface area contributed by atoms with Crippen LogP contribution in [0.1, 0.15) is 17.3 Å². The number of rotatable bonds is 2. The minimum absolute atomic E-state index is 0.0801. The first-order chi connectivity index (χ1) is 10.1. The van der Waals surface area contributed by atoms with Gasteiger partial charge in [0.05, 0.1) is 12.0 Å². The Morgan fingerprint density at radius 3 is 2.86 bits per heavy atom. The molecule has 2 aromatic heterocycles. The zero-order valence-electron chi connectivity index (χ0n) is 11.3. The number of fused-ring (bicyclic) bond motifs is 3. The highest BCUT2D eigenvalue weighted by atomic mass is 19.1. The lowest BCUT2D eigenvalue weighted by Crippen LogP contribution is -2.25. The lowest BCUT2D eigenvalue weighted by molar-refractivity contribution is -0.481. The highest BCUT2D eigenvalue weighted by Crippen LogP contribution is 2.30. The van der Waals surface area contributed by atoms with Gasteiger partial charge in [-0.05, 0) is 25.1 Å². The van der Waals surface area contributed by atoms with Crippen molar-refractivity contribution in [3.8, 4) is 5.75 Å². The summed E-state index contributed by atoms with van der Waals surface area (Å²) in [5, 5.41) is 10.8. The molecule has 3 aromatic rings. The molecule has 2 heterocycles. The maximum absolute atomic E-state index is 13.5. The summed E-state index contributed by atoms with van der Waals surface area (Å²) >= 11 is 0. The quantitative estimate of drug-likeness (QED) is 0.447. The molecule has 106 valence electrons. The Balaban J connectivity index is 2.48. The first-order valence-corrected chi connectivity index (χ1v) is 6.55. The highest BCUT2D eigenvalue weighted by molar-refractivity contribution is 6.04. The molecule has 1 aromatic carbocycles. The molecule has 0 atom stereocenters. The average Bonchev–Trinajstić information content (AvgIpc) is 2.47. The summed E-state index contributed by atoms with van der Waals surface area (Å²) in [6, 6.07) is 9.19. The third kappa shape index (κ3) is 2.07. The number of hydrogen-bond donors (Lipinski definition) is 1. The summed E-state index contributed by atoms with van der Waals surface area (Å²) in [6.45, 7) is 1.90. The molecule has 0 unspecified atom stereocenters. The summed E-state index contributed by atoms with van der Waals surface area (Å²) in [6.07, 6.45) is 1.71. The normalized spacial score (nSPS) is 11.0. The van der Waals surface area contributed by atoms with E-state index in [1.165, 1.54) is 18.2 Å². The van der Waals surface area contributed by atoms with E-state index in [-0.39, 0.29) is 17.9 Å². The number of carbonyl (C=O) groups excluding carboxylic acids is 1. The van der Waals surface area contributed by atoms with Crippen molar-refractivity contribution < 1.29 is 23.4 Å². The van der Waals surface area contributed by atoms with Crippen molar-refractivity contribution in [3.05, 3.63) is 54.0 Å². The van der Waals surface area contributed by atoms with Crippen LogP contribution in [0.3, 0.4) is 0 Å². The molecule has 5 heteroatoms. The van der Waals surface area contributed by atoms with Crippen LogP contribution in [0.2, 0.25) is 0 Å². The minimum Gasteiger partial charge on any atom is -0.506 e. The van der Waals surface area contributed by atoms with E-state index in [4.69, 9.17) is 4.74 Å². The lowest BCUT2D eigenvalue weighted by atomic mass is 10.1.